The van der Waals surface area contributed by atoms with E-state index in [1.54, 1.807) is 12.4 Å². The Hall–Kier alpha value is -2.48. The molecule has 0 amide bonds. The Labute approximate surface area is 227 Å². The number of aromatic nitrogens is 1. The highest BCUT2D eigenvalue weighted by atomic mass is 32.2. The minimum atomic E-state index is -9.36. The van der Waals surface area contributed by atoms with Crippen LogP contribution < -0.4 is 0 Å². The van der Waals surface area contributed by atoms with E-state index in [4.69, 9.17) is 4.55 Å². The smallest absolute Gasteiger partial charge is 0.281 e. The molecule has 0 saturated heterocycles. The van der Waals surface area contributed by atoms with Gasteiger partial charge in [-0.1, -0.05) is 6.07 Å². The Bertz CT molecular complexity index is 1190. The molecular weight excluding hydrogens is 716 g/mol. The van der Waals surface area contributed by atoms with Gasteiger partial charge in [0, 0.05) is 12.4 Å². The van der Waals surface area contributed by atoms with E-state index in [1.165, 1.54) is 0 Å². The lowest BCUT2D eigenvalue weighted by Crippen LogP contribution is -2.76. The molecule has 0 spiro atoms. The highest BCUT2D eigenvalue weighted by molar-refractivity contribution is 7.87. The number of halogens is 22. The van der Waals surface area contributed by atoms with Crippen LogP contribution in [0.5, 0.6) is 0 Å². The molecule has 1 atom stereocenters. The molecule has 1 N–H and O–H groups in total. The van der Waals surface area contributed by atoms with Gasteiger partial charge in [-0.3, -0.25) is 9.54 Å². The maximum Gasteiger partial charge on any atom is 0.438 e. The van der Waals surface area contributed by atoms with E-state index in [1.807, 2.05) is 18.2 Å². The zero-order valence-electron chi connectivity index (χ0n) is 19.6. The van der Waals surface area contributed by atoms with E-state index < -0.39 is 81.5 Å². The first-order valence-electron chi connectivity index (χ1n) is 9.81. The van der Waals surface area contributed by atoms with Gasteiger partial charge in [-0.15, -0.1) is 0 Å². The fraction of sp³-hybridized carbons (Fsp3) is 0.706. The first-order chi connectivity index (χ1) is 18.9. The second-order valence-electron chi connectivity index (χ2n) is 7.95. The second-order valence-corrected chi connectivity index (χ2v) is 9.41. The van der Waals surface area contributed by atoms with Crippen molar-refractivity contribution in [3.05, 3.63) is 30.6 Å². The van der Waals surface area contributed by atoms with Gasteiger partial charge in [-0.25, -0.2) is 4.39 Å². The molecule has 0 aliphatic rings. The van der Waals surface area contributed by atoms with Gasteiger partial charge in [0.25, 0.3) is 0 Å². The third kappa shape index (κ3) is 6.43. The SMILES string of the molecule is O=S(=O)(O)C(F)(F)C(F)(F)C(F)(F)C(F)(F)C(F)(F)C(F)(F)C(F)(F)C(F)(F)C(F)(F)C(F)CC(F)(F)F.c1ccncc1. The zero-order valence-corrected chi connectivity index (χ0v) is 20.4. The second kappa shape index (κ2) is 11.7. The van der Waals surface area contributed by atoms with E-state index >= 15 is 0 Å². The van der Waals surface area contributed by atoms with Gasteiger partial charge in [0.05, 0.1) is 6.42 Å². The van der Waals surface area contributed by atoms with Crippen LogP contribution in [0.4, 0.5) is 96.6 Å². The minimum absolute atomic E-state index is 1.75. The molecule has 44 heavy (non-hydrogen) atoms. The molecule has 0 aromatic carbocycles. The molecule has 1 unspecified atom stereocenters. The minimum Gasteiger partial charge on any atom is -0.281 e. The van der Waals surface area contributed by atoms with Crippen molar-refractivity contribution in [1.82, 2.24) is 4.98 Å². The molecular formula is C17H9F22NO3S. The fourth-order valence-corrected chi connectivity index (χ4v) is 2.83. The summed E-state index contributed by atoms with van der Waals surface area (Å²) in [4.78, 5) is 3.78. The van der Waals surface area contributed by atoms with Crippen molar-refractivity contribution in [2.24, 2.45) is 0 Å². The van der Waals surface area contributed by atoms with Gasteiger partial charge < -0.3 is 0 Å². The Kier molecular flexibility index (Phi) is 11.0. The summed E-state index contributed by atoms with van der Waals surface area (Å²) in [6, 6.07) is 5.72. The van der Waals surface area contributed by atoms with Crippen LogP contribution in [-0.4, -0.2) is 82.9 Å². The van der Waals surface area contributed by atoms with Crippen molar-refractivity contribution in [3.63, 3.8) is 0 Å². The Morgan fingerprint density at radius 2 is 0.818 bits per heavy atom. The molecule has 27 heteroatoms. The first kappa shape index (κ1) is 41.5. The Morgan fingerprint density at radius 1 is 0.523 bits per heavy atom. The van der Waals surface area contributed by atoms with E-state index in [2.05, 4.69) is 4.98 Å². The van der Waals surface area contributed by atoms with Crippen LogP contribution in [0.2, 0.25) is 0 Å². The van der Waals surface area contributed by atoms with Crippen LogP contribution in [0.25, 0.3) is 0 Å². The molecule has 1 aromatic heterocycles. The molecule has 260 valence electrons. The van der Waals surface area contributed by atoms with Crippen molar-refractivity contribution in [1.29, 1.82) is 0 Å². The molecule has 4 nitrogen and oxygen atoms in total. The van der Waals surface area contributed by atoms with Crippen LogP contribution in [0, 0.1) is 0 Å². The molecule has 1 heterocycles. The van der Waals surface area contributed by atoms with Gasteiger partial charge in [0.1, 0.15) is 0 Å². The number of alkyl halides is 22. The van der Waals surface area contributed by atoms with Gasteiger partial charge in [-0.2, -0.15) is 101 Å². The Morgan fingerprint density at radius 3 is 1.05 bits per heavy atom. The summed E-state index contributed by atoms with van der Waals surface area (Å²) in [5.41, 5.74) is 0. The van der Waals surface area contributed by atoms with Crippen LogP contribution in [0.15, 0.2) is 30.6 Å². The van der Waals surface area contributed by atoms with E-state index in [9.17, 15) is 105 Å². The van der Waals surface area contributed by atoms with Crippen LogP contribution in [0.1, 0.15) is 6.42 Å². The summed E-state index contributed by atoms with van der Waals surface area (Å²) < 4.78 is 316. The predicted molar refractivity (Wildman–Crippen MR) is 95.9 cm³/mol. The molecule has 0 aliphatic carbocycles. The molecule has 0 fully saturated rings. The van der Waals surface area contributed by atoms with E-state index in [-0.39, 0.29) is 0 Å². The van der Waals surface area contributed by atoms with Crippen LogP contribution >= 0.6 is 0 Å². The molecule has 1 rings (SSSR count). The normalized spacial score (nSPS) is 16.2. The van der Waals surface area contributed by atoms with Gasteiger partial charge >= 0.3 is 68.9 Å². The average molecular weight is 725 g/mol. The van der Waals surface area contributed by atoms with Crippen molar-refractivity contribution in [2.45, 2.75) is 71.4 Å². The highest BCUT2D eigenvalue weighted by Crippen LogP contribution is 2.65. The number of pyridine rings is 1. The molecule has 0 bridgehead atoms. The third-order valence-corrected chi connectivity index (χ3v) is 5.75. The lowest BCUT2D eigenvalue weighted by Gasteiger charge is -2.44. The summed E-state index contributed by atoms with van der Waals surface area (Å²) in [5.74, 6) is -71.5. The predicted octanol–water partition coefficient (Wildman–Crippen LogP) is 7.92. The number of hydrogen-bond donors (Lipinski definition) is 1. The summed E-state index contributed by atoms with van der Waals surface area (Å²) in [5, 5.41) is -8.07. The summed E-state index contributed by atoms with van der Waals surface area (Å²) in [6.07, 6.45) is -12.6. The topological polar surface area (TPSA) is 67.3 Å². The average Bonchev–Trinajstić information content (AvgIpc) is 2.82. The standard InChI is InChI=1S/C12H4F22O3S.C5H5N/c13-2(1-3(14,15)16)4(17,18)5(19,20)6(21,22)7(23,24)8(25,26)9(27,28)10(29,30)11(31,32)12(33,34)38(35,36)37;1-2-4-6-5-3-1/h2H,1H2,(H,35,36,37);1-5H. The molecule has 1 aromatic rings. The quantitative estimate of drug-likeness (QED) is 0.186. The van der Waals surface area contributed by atoms with Gasteiger partial charge in [0.15, 0.2) is 6.17 Å². The van der Waals surface area contributed by atoms with Crippen molar-refractivity contribution in [3.8, 4) is 0 Å². The molecule has 0 saturated carbocycles. The van der Waals surface area contributed by atoms with Crippen LogP contribution in [-0.2, 0) is 10.1 Å². The fourth-order valence-electron chi connectivity index (χ4n) is 2.38. The van der Waals surface area contributed by atoms with Gasteiger partial charge in [0.2, 0.25) is 0 Å². The number of hydrogen-bond acceptors (Lipinski definition) is 3. The van der Waals surface area contributed by atoms with Gasteiger partial charge in [-0.05, 0) is 12.1 Å². The summed E-state index contributed by atoms with van der Waals surface area (Å²) in [7, 11) is -8.11. The molecule has 0 aliphatic heterocycles. The summed E-state index contributed by atoms with van der Waals surface area (Å²) >= 11 is 0. The van der Waals surface area contributed by atoms with E-state index in [0.29, 0.717) is 0 Å². The van der Waals surface area contributed by atoms with Crippen molar-refractivity contribution >= 4 is 10.1 Å². The maximum absolute atomic E-state index is 13.5. The van der Waals surface area contributed by atoms with Crippen molar-refractivity contribution < 1.29 is 110 Å². The number of rotatable bonds is 11. The molecule has 0 radical (unpaired) electrons. The number of nitrogens with zero attached hydrogens (tertiary/aromatic N) is 1. The Balaban J connectivity index is 0.00000272. The lowest BCUT2D eigenvalue weighted by molar-refractivity contribution is -0.461. The largest absolute Gasteiger partial charge is 0.438 e. The first-order valence-corrected chi connectivity index (χ1v) is 11.2. The highest BCUT2D eigenvalue weighted by Gasteiger charge is 2.97. The van der Waals surface area contributed by atoms with Crippen molar-refractivity contribution in [2.75, 3.05) is 0 Å². The monoisotopic (exact) mass is 725 g/mol. The summed E-state index contributed by atoms with van der Waals surface area (Å²) in [6.45, 7) is 0. The zero-order chi connectivity index (χ0) is 36.0. The lowest BCUT2D eigenvalue weighted by atomic mass is 9.86. The van der Waals surface area contributed by atoms with E-state index in [0.717, 1.165) is 0 Å². The third-order valence-electron chi connectivity index (χ3n) is 4.84. The van der Waals surface area contributed by atoms with Crippen LogP contribution in [0.3, 0.4) is 0 Å². The maximum atomic E-state index is 13.5.